The molecule has 0 aliphatic rings. The van der Waals surface area contributed by atoms with Gasteiger partial charge in [0.1, 0.15) is 5.82 Å². The second-order valence-corrected chi connectivity index (χ2v) is 3.48. The van der Waals surface area contributed by atoms with Crippen LogP contribution in [0.1, 0.15) is 5.56 Å². The number of amides is 2. The number of nitrogens with one attached hydrogen (secondary N) is 2. The number of urea groups is 1. The summed E-state index contributed by atoms with van der Waals surface area (Å²) in [4.78, 5) is 13.7. The molecule has 2 rings (SSSR count). The molecule has 0 radical (unpaired) electrons. The van der Waals surface area contributed by atoms with Gasteiger partial charge >= 0.3 is 6.03 Å². The number of carbonyl (C=O) groups is 1. The fourth-order valence-corrected chi connectivity index (χ4v) is 1.58. The summed E-state index contributed by atoms with van der Waals surface area (Å²) in [5.74, 6) is 0.550. The molecule has 5 heteroatoms. The number of nitriles is 1. The van der Waals surface area contributed by atoms with E-state index in [4.69, 9.17) is 11.0 Å². The summed E-state index contributed by atoms with van der Waals surface area (Å²) in [5.41, 5.74) is 6.80. The monoisotopic (exact) mass is 226 g/mol. The fourth-order valence-electron chi connectivity index (χ4n) is 1.58. The van der Waals surface area contributed by atoms with Crippen molar-refractivity contribution >= 4 is 28.8 Å². The van der Waals surface area contributed by atoms with Crippen molar-refractivity contribution in [2.45, 2.75) is 0 Å². The lowest BCUT2D eigenvalue weighted by Crippen LogP contribution is -2.19. The zero-order valence-electron chi connectivity index (χ0n) is 8.90. The van der Waals surface area contributed by atoms with Crippen LogP contribution in [0.5, 0.6) is 0 Å². The summed E-state index contributed by atoms with van der Waals surface area (Å²) in [6, 6.07) is 8.78. The first-order valence-electron chi connectivity index (χ1n) is 4.94. The first-order chi connectivity index (χ1) is 8.19. The predicted molar refractivity (Wildman–Crippen MR) is 66.2 cm³/mol. The highest BCUT2D eigenvalue weighted by Crippen LogP contribution is 2.20. The van der Waals surface area contributed by atoms with Crippen molar-refractivity contribution in [1.82, 2.24) is 4.98 Å². The number of fused-ring (bicyclic) bond motifs is 1. The third-order valence-electron chi connectivity index (χ3n) is 2.25. The molecule has 2 aromatic rings. The number of hydrogen-bond acceptors (Lipinski definition) is 2. The Morgan fingerprint density at radius 2 is 2.29 bits per heavy atom. The van der Waals surface area contributed by atoms with Crippen molar-refractivity contribution in [1.29, 1.82) is 5.26 Å². The van der Waals surface area contributed by atoms with Crippen LogP contribution in [0.4, 0.5) is 10.6 Å². The average Bonchev–Trinajstić information content (AvgIpc) is 2.66. The first-order valence-corrected chi connectivity index (χ1v) is 4.94. The Morgan fingerprint density at radius 3 is 3.00 bits per heavy atom. The molecule has 1 heterocycles. The topological polar surface area (TPSA) is 94.7 Å². The molecule has 0 fully saturated rings. The highest BCUT2D eigenvalue weighted by molar-refractivity contribution is 5.92. The van der Waals surface area contributed by atoms with E-state index >= 15 is 0 Å². The Hall–Kier alpha value is -2.74. The molecule has 17 heavy (non-hydrogen) atoms. The smallest absolute Gasteiger partial charge is 0.317 e. The zero-order valence-corrected chi connectivity index (χ0v) is 8.90. The van der Waals surface area contributed by atoms with Crippen LogP contribution in [-0.4, -0.2) is 11.0 Å². The molecule has 1 aromatic heterocycles. The minimum Gasteiger partial charge on any atom is -0.351 e. The van der Waals surface area contributed by atoms with Crippen molar-refractivity contribution < 1.29 is 4.79 Å². The lowest BCUT2D eigenvalue weighted by Gasteiger charge is -1.94. The summed E-state index contributed by atoms with van der Waals surface area (Å²) in [7, 11) is 0. The molecule has 0 spiro atoms. The quantitative estimate of drug-likeness (QED) is 0.684. The van der Waals surface area contributed by atoms with Crippen molar-refractivity contribution in [3.63, 3.8) is 0 Å². The van der Waals surface area contributed by atoms with E-state index in [0.717, 1.165) is 16.5 Å². The molecule has 5 nitrogen and oxygen atoms in total. The van der Waals surface area contributed by atoms with E-state index in [1.54, 1.807) is 12.1 Å². The normalized spacial score (nSPS) is 10.5. The van der Waals surface area contributed by atoms with Crippen molar-refractivity contribution in [2.75, 3.05) is 5.32 Å². The van der Waals surface area contributed by atoms with Crippen LogP contribution in [-0.2, 0) is 0 Å². The van der Waals surface area contributed by atoms with Gasteiger partial charge in [0.2, 0.25) is 0 Å². The van der Waals surface area contributed by atoms with Gasteiger partial charge in [-0.2, -0.15) is 5.26 Å². The second kappa shape index (κ2) is 4.41. The molecule has 84 valence electrons. The number of rotatable bonds is 2. The van der Waals surface area contributed by atoms with Crippen LogP contribution in [0.2, 0.25) is 0 Å². The van der Waals surface area contributed by atoms with E-state index in [9.17, 15) is 4.79 Å². The SMILES string of the molecule is N#C/C=C/c1ccc2cc(NC(N)=O)[nH]c2c1. The number of nitrogens with zero attached hydrogens (tertiary/aromatic N) is 1. The van der Waals surface area contributed by atoms with E-state index in [1.165, 1.54) is 6.08 Å². The lowest BCUT2D eigenvalue weighted by atomic mass is 10.1. The molecule has 0 saturated carbocycles. The number of hydrogen-bond donors (Lipinski definition) is 3. The fraction of sp³-hybridized carbons (Fsp3) is 0. The number of anilines is 1. The van der Waals surface area contributed by atoms with E-state index in [1.807, 2.05) is 24.3 Å². The summed E-state index contributed by atoms with van der Waals surface area (Å²) < 4.78 is 0. The summed E-state index contributed by atoms with van der Waals surface area (Å²) in [6.07, 6.45) is 3.12. The van der Waals surface area contributed by atoms with Crippen LogP contribution in [0.15, 0.2) is 30.3 Å². The number of benzene rings is 1. The largest absolute Gasteiger partial charge is 0.351 e. The second-order valence-electron chi connectivity index (χ2n) is 3.48. The Balaban J connectivity index is 2.38. The van der Waals surface area contributed by atoms with Gasteiger partial charge in [0.25, 0.3) is 0 Å². The number of allylic oxidation sites excluding steroid dienone is 1. The maximum Gasteiger partial charge on any atom is 0.317 e. The summed E-state index contributed by atoms with van der Waals surface area (Å²) in [6.45, 7) is 0. The molecule has 0 unspecified atom stereocenters. The van der Waals surface area contributed by atoms with E-state index in [0.29, 0.717) is 5.82 Å². The van der Waals surface area contributed by atoms with E-state index in [-0.39, 0.29) is 0 Å². The Bertz CT molecular complexity index is 633. The summed E-state index contributed by atoms with van der Waals surface area (Å²) in [5, 5.41) is 11.9. The van der Waals surface area contributed by atoms with Crippen molar-refractivity contribution in [3.8, 4) is 6.07 Å². The first kappa shape index (κ1) is 10.8. The van der Waals surface area contributed by atoms with Crippen molar-refractivity contribution in [3.05, 3.63) is 35.9 Å². The van der Waals surface area contributed by atoms with Gasteiger partial charge < -0.3 is 10.7 Å². The van der Waals surface area contributed by atoms with E-state index < -0.39 is 6.03 Å². The number of H-pyrrole nitrogens is 1. The van der Waals surface area contributed by atoms with Gasteiger partial charge in [-0.15, -0.1) is 0 Å². The van der Waals surface area contributed by atoms with Gasteiger partial charge in [0.05, 0.1) is 6.07 Å². The van der Waals surface area contributed by atoms with Crippen LogP contribution >= 0.6 is 0 Å². The molecular weight excluding hydrogens is 216 g/mol. The molecule has 0 saturated heterocycles. The Morgan fingerprint density at radius 1 is 1.47 bits per heavy atom. The third kappa shape index (κ3) is 2.44. The van der Waals surface area contributed by atoms with Gasteiger partial charge in [-0.3, -0.25) is 5.32 Å². The Labute approximate surface area is 97.5 Å². The molecular formula is C12H10N4O. The molecule has 0 bridgehead atoms. The van der Waals surface area contributed by atoms with Gasteiger partial charge in [-0.25, -0.2) is 4.79 Å². The molecule has 0 atom stereocenters. The maximum atomic E-state index is 10.7. The van der Waals surface area contributed by atoms with Gasteiger partial charge in [0.15, 0.2) is 0 Å². The number of aromatic amines is 1. The molecule has 2 amide bonds. The standard InChI is InChI=1S/C12H10N4O/c13-5-1-2-8-3-4-9-7-11(16-12(14)17)15-10(9)6-8/h1-4,6-7,15H,(H3,14,16,17)/b2-1+. The number of primary amides is 1. The third-order valence-corrected chi connectivity index (χ3v) is 2.25. The van der Waals surface area contributed by atoms with Crippen LogP contribution in [0.25, 0.3) is 17.0 Å². The lowest BCUT2D eigenvalue weighted by molar-refractivity contribution is 0.259. The van der Waals surface area contributed by atoms with Crippen LogP contribution < -0.4 is 11.1 Å². The summed E-state index contributed by atoms with van der Waals surface area (Å²) >= 11 is 0. The Kier molecular flexibility index (Phi) is 2.79. The van der Waals surface area contributed by atoms with E-state index in [2.05, 4.69) is 10.3 Å². The average molecular weight is 226 g/mol. The number of carbonyl (C=O) groups excluding carboxylic acids is 1. The molecule has 0 aliphatic carbocycles. The van der Waals surface area contributed by atoms with Gasteiger partial charge in [0, 0.05) is 17.0 Å². The van der Waals surface area contributed by atoms with Gasteiger partial charge in [-0.1, -0.05) is 12.1 Å². The van der Waals surface area contributed by atoms with Crippen LogP contribution in [0, 0.1) is 11.3 Å². The van der Waals surface area contributed by atoms with Crippen LogP contribution in [0.3, 0.4) is 0 Å². The highest BCUT2D eigenvalue weighted by Gasteiger charge is 2.02. The van der Waals surface area contributed by atoms with Crippen molar-refractivity contribution in [2.24, 2.45) is 5.73 Å². The highest BCUT2D eigenvalue weighted by atomic mass is 16.2. The molecule has 0 aliphatic heterocycles. The number of aromatic nitrogens is 1. The minimum absolute atomic E-state index is 0.550. The maximum absolute atomic E-state index is 10.7. The zero-order chi connectivity index (χ0) is 12.3. The predicted octanol–water partition coefficient (Wildman–Crippen LogP) is 2.20. The number of nitrogens with two attached hydrogens (primary N) is 1. The minimum atomic E-state index is -0.610. The molecule has 4 N–H and O–H groups in total. The molecule has 1 aromatic carbocycles. The van der Waals surface area contributed by atoms with Gasteiger partial charge in [-0.05, 0) is 23.8 Å².